The average Bonchev–Trinajstić information content (AvgIpc) is 2.93. The van der Waals surface area contributed by atoms with Gasteiger partial charge < -0.3 is 22.1 Å². The molecule has 0 amide bonds. The molecule has 42 heavy (non-hydrogen) atoms. The molecule has 0 saturated carbocycles. The number of ether oxygens (including phenoxy) is 2. The van der Waals surface area contributed by atoms with Crippen LogP contribution in [0.25, 0.3) is 0 Å². The van der Waals surface area contributed by atoms with E-state index in [9.17, 15) is 4.79 Å². The Morgan fingerprint density at radius 3 is 1.98 bits per heavy atom. The van der Waals surface area contributed by atoms with Crippen LogP contribution in [0.2, 0.25) is 0 Å². The van der Waals surface area contributed by atoms with Crippen LogP contribution in [0.1, 0.15) is 154 Å². The molecule has 1 aromatic carbocycles. The molecular formula is C37H66NO3W-. The zero-order valence-corrected chi connectivity index (χ0v) is 32.1. The third-order valence-electron chi connectivity index (χ3n) is 9.11. The topological polar surface area (TPSA) is 61.6 Å². The summed E-state index contributed by atoms with van der Waals surface area (Å²) in [5.41, 5.74) is 10.2. The van der Waals surface area contributed by atoms with Gasteiger partial charge in [0.15, 0.2) is 0 Å². The normalized spacial score (nSPS) is 18.1. The summed E-state index contributed by atoms with van der Waals surface area (Å²) in [6.07, 6.45) is 15.9. The Bertz CT molecular complexity index is 915. The Hall–Kier alpha value is -0.862. The van der Waals surface area contributed by atoms with E-state index in [2.05, 4.69) is 48.5 Å². The van der Waals surface area contributed by atoms with Crippen molar-refractivity contribution in [2.45, 2.75) is 171 Å². The Morgan fingerprint density at radius 2 is 1.43 bits per heavy atom. The minimum atomic E-state index is -0.609. The van der Waals surface area contributed by atoms with Crippen molar-refractivity contribution in [2.75, 3.05) is 0 Å². The van der Waals surface area contributed by atoms with Crippen LogP contribution in [0.5, 0.6) is 11.5 Å². The zero-order chi connectivity index (χ0) is 31.2. The fourth-order valence-electron chi connectivity index (χ4n) is 6.07. The Labute approximate surface area is 275 Å². The van der Waals surface area contributed by atoms with Gasteiger partial charge in [-0.25, -0.2) is 4.79 Å². The maximum atomic E-state index is 12.6. The quantitative estimate of drug-likeness (QED) is 0.0977. The van der Waals surface area contributed by atoms with Crippen LogP contribution in [0.3, 0.4) is 0 Å². The van der Waals surface area contributed by atoms with Crippen molar-refractivity contribution in [1.82, 2.24) is 0 Å². The number of nitrogens with two attached hydrogens (primary N) is 1. The minimum Gasteiger partial charge on any atom is -0.487 e. The van der Waals surface area contributed by atoms with Crippen molar-refractivity contribution >= 4 is 5.97 Å². The second-order valence-electron chi connectivity index (χ2n) is 13.4. The predicted molar refractivity (Wildman–Crippen MR) is 177 cm³/mol. The number of esters is 1. The van der Waals surface area contributed by atoms with Gasteiger partial charge in [0.05, 0.1) is 0 Å². The van der Waals surface area contributed by atoms with E-state index in [-0.39, 0.29) is 32.6 Å². The van der Waals surface area contributed by atoms with Gasteiger partial charge in [0, 0.05) is 26.6 Å². The third kappa shape index (κ3) is 13.4. The monoisotopic (exact) mass is 756 g/mol. The van der Waals surface area contributed by atoms with Crippen molar-refractivity contribution in [3.05, 3.63) is 29.2 Å². The molecule has 1 aliphatic rings. The van der Waals surface area contributed by atoms with Gasteiger partial charge in [-0.3, -0.25) is 0 Å². The first-order chi connectivity index (χ1) is 19.4. The molecule has 5 heteroatoms. The summed E-state index contributed by atoms with van der Waals surface area (Å²) in [6.45, 7) is 25.8. The molecule has 1 heterocycles. The number of fused-ring (bicyclic) bond motifs is 1. The maximum Gasteiger partial charge on any atom is 0.328 e. The van der Waals surface area contributed by atoms with Gasteiger partial charge in [-0.05, 0) is 94.2 Å². The molecule has 1 aliphatic heterocycles. The van der Waals surface area contributed by atoms with Crippen molar-refractivity contribution < 1.29 is 35.3 Å². The van der Waals surface area contributed by atoms with E-state index in [1.54, 1.807) is 0 Å². The molecule has 2 N–H and O–H groups in total. The minimum absolute atomic E-state index is 0. The number of carbonyl (C=O) groups excluding carboxylic acids is 1. The first-order valence-corrected chi connectivity index (χ1v) is 17.0. The number of benzene rings is 1. The van der Waals surface area contributed by atoms with E-state index in [1.165, 1.54) is 56.9 Å². The molecule has 4 nitrogen and oxygen atoms in total. The van der Waals surface area contributed by atoms with Crippen LogP contribution in [0.15, 0.2) is 0 Å². The summed E-state index contributed by atoms with van der Waals surface area (Å²) in [5.74, 6) is 3.77. The molecule has 0 radical (unpaired) electrons. The molecule has 4 unspecified atom stereocenters. The van der Waals surface area contributed by atoms with E-state index >= 15 is 0 Å². The van der Waals surface area contributed by atoms with E-state index in [0.29, 0.717) is 12.2 Å². The van der Waals surface area contributed by atoms with E-state index in [0.717, 1.165) is 72.3 Å². The van der Waals surface area contributed by atoms with E-state index in [1.807, 2.05) is 27.7 Å². The first-order valence-electron chi connectivity index (χ1n) is 17.0. The molecule has 0 spiro atoms. The average molecular weight is 757 g/mol. The zero-order valence-electron chi connectivity index (χ0n) is 29.1. The Balaban J connectivity index is 0.00000548. The second-order valence-corrected chi connectivity index (χ2v) is 13.4. The van der Waals surface area contributed by atoms with E-state index < -0.39 is 6.04 Å². The summed E-state index contributed by atoms with van der Waals surface area (Å²) in [7, 11) is 0. The predicted octanol–water partition coefficient (Wildman–Crippen LogP) is 10.4. The first kappa shape index (κ1) is 41.1. The number of carbonyl (C=O) groups is 1. The van der Waals surface area contributed by atoms with Crippen LogP contribution >= 0.6 is 0 Å². The Morgan fingerprint density at radius 1 is 0.881 bits per heavy atom. The summed E-state index contributed by atoms with van der Waals surface area (Å²) in [5, 5.41) is 0. The maximum absolute atomic E-state index is 12.6. The molecule has 0 fully saturated rings. The molecule has 0 aromatic heterocycles. The molecule has 2 rings (SSSR count). The Kier molecular flexibility index (Phi) is 20.5. The number of hydrogen-bond donors (Lipinski definition) is 1. The molecule has 244 valence electrons. The van der Waals surface area contributed by atoms with Gasteiger partial charge in [0.2, 0.25) is 0 Å². The fraction of sp³-hybridized carbons (Fsp3) is 0.784. The van der Waals surface area contributed by atoms with Crippen LogP contribution in [0, 0.1) is 45.4 Å². The third-order valence-corrected chi connectivity index (χ3v) is 9.11. The van der Waals surface area contributed by atoms with Crippen LogP contribution in [-0.2, 0) is 32.3 Å². The molecule has 4 atom stereocenters. The van der Waals surface area contributed by atoms with Crippen molar-refractivity contribution in [1.29, 1.82) is 0 Å². The summed E-state index contributed by atoms with van der Waals surface area (Å²) in [4.78, 5) is 12.6. The van der Waals surface area contributed by atoms with Crippen LogP contribution in [-0.4, -0.2) is 17.6 Å². The standard InChI is InChI=1S/C35H60NO3.C2H6.W/c1-10-11-20-31(36)34(37)38-32-27(6)28(7)33-30(29(32)8)21-23-35(9,39-33)22-14-19-26(5)18-13-17-25(4)16-12-15-24(2)3;1-2;/h24-26,31H,1,10-23,36H2,2-9H3;1-2H3;/q-1;;. The molecular weight excluding hydrogens is 690 g/mol. The van der Waals surface area contributed by atoms with Gasteiger partial charge in [-0.2, -0.15) is 6.42 Å². The second kappa shape index (κ2) is 21.0. The number of hydrogen-bond acceptors (Lipinski definition) is 4. The van der Waals surface area contributed by atoms with Crippen molar-refractivity contribution in [3.63, 3.8) is 0 Å². The number of unbranched alkanes of at least 4 members (excludes halogenated alkanes) is 1. The summed E-state index contributed by atoms with van der Waals surface area (Å²) < 4.78 is 12.6. The van der Waals surface area contributed by atoms with Crippen molar-refractivity contribution in [3.8, 4) is 11.5 Å². The van der Waals surface area contributed by atoms with Crippen LogP contribution < -0.4 is 15.2 Å². The van der Waals surface area contributed by atoms with Gasteiger partial charge in [0.25, 0.3) is 0 Å². The largest absolute Gasteiger partial charge is 0.487 e. The van der Waals surface area contributed by atoms with Gasteiger partial charge in [-0.1, -0.05) is 92.9 Å². The smallest absolute Gasteiger partial charge is 0.328 e. The van der Waals surface area contributed by atoms with Gasteiger partial charge in [0.1, 0.15) is 23.1 Å². The van der Waals surface area contributed by atoms with Gasteiger partial charge in [-0.15, -0.1) is 0 Å². The fourth-order valence-corrected chi connectivity index (χ4v) is 6.07. The molecule has 0 bridgehead atoms. The summed E-state index contributed by atoms with van der Waals surface area (Å²) >= 11 is 0. The van der Waals surface area contributed by atoms with Gasteiger partial charge >= 0.3 is 5.97 Å². The molecule has 1 aromatic rings. The summed E-state index contributed by atoms with van der Waals surface area (Å²) in [6, 6.07) is -0.609. The molecule has 0 saturated heterocycles. The van der Waals surface area contributed by atoms with Crippen molar-refractivity contribution in [2.24, 2.45) is 23.5 Å². The van der Waals surface area contributed by atoms with E-state index in [4.69, 9.17) is 15.2 Å². The molecule has 0 aliphatic carbocycles. The van der Waals surface area contributed by atoms with Crippen LogP contribution in [0.4, 0.5) is 0 Å². The SMILES string of the molecule is CC.[CH2-]CCCC(N)C(=O)Oc1c(C)c(C)c2c(c1C)CCC(C)(CCCC(C)CCCC(C)CCCC(C)C)O2.[W]. The number of rotatable bonds is 17.